The summed E-state index contributed by atoms with van der Waals surface area (Å²) in [6.45, 7) is 4.26. The number of aliphatic hydroxyl groups excluding tert-OH is 1. The van der Waals surface area contributed by atoms with Crippen LogP contribution >= 0.6 is 11.3 Å². The third kappa shape index (κ3) is 2.91. The van der Waals surface area contributed by atoms with E-state index in [1.54, 1.807) is 4.90 Å². The van der Waals surface area contributed by atoms with Gasteiger partial charge in [0.1, 0.15) is 6.61 Å². The molecule has 1 aliphatic rings. The maximum Gasteiger partial charge on any atom is 0.264 e. The fourth-order valence-electron chi connectivity index (χ4n) is 1.75. The fraction of sp³-hybridized carbons (Fsp3) is 0.462. The van der Waals surface area contributed by atoms with Crippen LogP contribution in [0.25, 0.3) is 0 Å². The summed E-state index contributed by atoms with van der Waals surface area (Å²) >= 11 is 1.38. The molecule has 0 spiro atoms. The van der Waals surface area contributed by atoms with Gasteiger partial charge >= 0.3 is 0 Å². The van der Waals surface area contributed by atoms with Gasteiger partial charge in [0.05, 0.1) is 23.0 Å². The average Bonchev–Trinajstić information content (AvgIpc) is 2.78. The molecule has 0 aliphatic carbocycles. The molecule has 0 radical (unpaired) electrons. The van der Waals surface area contributed by atoms with Gasteiger partial charge in [-0.05, 0) is 18.6 Å². The fourth-order valence-corrected chi connectivity index (χ4v) is 2.77. The van der Waals surface area contributed by atoms with Gasteiger partial charge in [0.25, 0.3) is 5.91 Å². The molecule has 4 nitrogen and oxygen atoms in total. The number of ether oxygens (including phenoxy) is 1. The van der Waals surface area contributed by atoms with Gasteiger partial charge in [0.2, 0.25) is 0 Å². The van der Waals surface area contributed by atoms with Crippen molar-refractivity contribution < 1.29 is 14.6 Å². The summed E-state index contributed by atoms with van der Waals surface area (Å²) in [5, 5.41) is 8.68. The Labute approximate surface area is 110 Å². The molecule has 0 unspecified atom stereocenters. The van der Waals surface area contributed by atoms with Crippen molar-refractivity contribution in [3.8, 4) is 11.8 Å². The molecule has 1 aromatic rings. The van der Waals surface area contributed by atoms with Gasteiger partial charge in [0, 0.05) is 13.1 Å². The van der Waals surface area contributed by atoms with Crippen LogP contribution in [-0.2, 0) is 4.74 Å². The second-order valence-corrected chi connectivity index (χ2v) is 5.04. The zero-order valence-electron chi connectivity index (χ0n) is 10.2. The number of morpholine rings is 1. The summed E-state index contributed by atoms with van der Waals surface area (Å²) in [5.74, 6) is 5.52. The van der Waals surface area contributed by atoms with E-state index in [0.717, 1.165) is 10.4 Å². The van der Waals surface area contributed by atoms with Crippen molar-refractivity contribution in [1.29, 1.82) is 0 Å². The summed E-state index contributed by atoms with van der Waals surface area (Å²) in [6, 6.07) is 1.86. The molecule has 1 fully saturated rings. The minimum atomic E-state index is -0.163. The van der Waals surface area contributed by atoms with Crippen molar-refractivity contribution in [3.63, 3.8) is 0 Å². The van der Waals surface area contributed by atoms with E-state index in [4.69, 9.17) is 9.84 Å². The molecule has 2 rings (SSSR count). The largest absolute Gasteiger partial charge is 0.384 e. The lowest BCUT2D eigenvalue weighted by Crippen LogP contribution is -2.40. The lowest BCUT2D eigenvalue weighted by Gasteiger charge is -2.26. The van der Waals surface area contributed by atoms with Crippen LogP contribution in [-0.4, -0.2) is 48.8 Å². The Morgan fingerprint density at radius 2 is 2.28 bits per heavy atom. The van der Waals surface area contributed by atoms with Crippen LogP contribution in [0.2, 0.25) is 0 Å². The van der Waals surface area contributed by atoms with Gasteiger partial charge in [0.15, 0.2) is 0 Å². The van der Waals surface area contributed by atoms with Crippen molar-refractivity contribution in [1.82, 2.24) is 4.90 Å². The molecule has 96 valence electrons. The number of carbonyl (C=O) groups excluding carboxylic acids is 1. The number of hydrogen-bond donors (Lipinski definition) is 1. The highest BCUT2D eigenvalue weighted by atomic mass is 32.1. The van der Waals surface area contributed by atoms with Gasteiger partial charge in [-0.25, -0.2) is 0 Å². The monoisotopic (exact) mass is 265 g/mol. The molecular weight excluding hydrogens is 250 g/mol. The quantitative estimate of drug-likeness (QED) is 0.767. The van der Waals surface area contributed by atoms with E-state index in [-0.39, 0.29) is 12.5 Å². The molecular formula is C13H15NO3S. The SMILES string of the molecule is Cc1cc(C(=O)N2CCOCC2)sc1C#CCO. The number of carbonyl (C=O) groups is 1. The van der Waals surface area contributed by atoms with E-state index in [9.17, 15) is 4.79 Å². The van der Waals surface area contributed by atoms with E-state index in [1.165, 1.54) is 11.3 Å². The maximum atomic E-state index is 12.2. The van der Waals surface area contributed by atoms with Gasteiger partial charge in [-0.1, -0.05) is 11.8 Å². The molecule has 0 aromatic carbocycles. The van der Waals surface area contributed by atoms with Gasteiger partial charge in [-0.3, -0.25) is 4.79 Å². The lowest BCUT2D eigenvalue weighted by molar-refractivity contribution is 0.0306. The molecule has 18 heavy (non-hydrogen) atoms. The maximum absolute atomic E-state index is 12.2. The number of amides is 1. The standard InChI is InChI=1S/C13H15NO3S/c1-10-9-12(18-11(10)3-2-6-15)13(16)14-4-7-17-8-5-14/h9,15H,4-8H2,1H3. The highest BCUT2D eigenvalue weighted by molar-refractivity contribution is 7.14. The minimum Gasteiger partial charge on any atom is -0.384 e. The normalized spacial score (nSPS) is 15.1. The average molecular weight is 265 g/mol. The summed E-state index contributed by atoms with van der Waals surface area (Å²) in [6.07, 6.45) is 0. The molecule has 1 saturated heterocycles. The topological polar surface area (TPSA) is 49.8 Å². The Kier molecular flexibility index (Phi) is 4.37. The minimum absolute atomic E-state index is 0.0449. The van der Waals surface area contributed by atoms with Crippen LogP contribution < -0.4 is 0 Å². The zero-order chi connectivity index (χ0) is 13.0. The van der Waals surface area contributed by atoms with E-state index in [0.29, 0.717) is 31.2 Å². The lowest BCUT2D eigenvalue weighted by atomic mass is 10.2. The van der Waals surface area contributed by atoms with Crippen LogP contribution in [0.3, 0.4) is 0 Å². The van der Waals surface area contributed by atoms with Crippen molar-refractivity contribution >= 4 is 17.2 Å². The summed E-state index contributed by atoms with van der Waals surface area (Å²) in [7, 11) is 0. The van der Waals surface area contributed by atoms with Crippen LogP contribution in [0.4, 0.5) is 0 Å². The van der Waals surface area contributed by atoms with Crippen LogP contribution in [0.1, 0.15) is 20.1 Å². The Morgan fingerprint density at radius 3 is 2.94 bits per heavy atom. The molecule has 0 saturated carbocycles. The Morgan fingerprint density at radius 1 is 1.56 bits per heavy atom. The first-order valence-electron chi connectivity index (χ1n) is 5.79. The summed E-state index contributed by atoms with van der Waals surface area (Å²) < 4.78 is 5.23. The molecule has 5 heteroatoms. The Bertz CT molecular complexity index is 492. The molecule has 1 aliphatic heterocycles. The van der Waals surface area contributed by atoms with E-state index < -0.39 is 0 Å². The first kappa shape index (κ1) is 13.1. The van der Waals surface area contributed by atoms with Crippen LogP contribution in [0.5, 0.6) is 0 Å². The smallest absolute Gasteiger partial charge is 0.264 e. The number of thiophene rings is 1. The second-order valence-electron chi connectivity index (χ2n) is 3.99. The molecule has 1 aromatic heterocycles. The first-order valence-corrected chi connectivity index (χ1v) is 6.61. The van der Waals surface area contributed by atoms with Crippen molar-refractivity contribution in [2.24, 2.45) is 0 Å². The highest BCUT2D eigenvalue weighted by Gasteiger charge is 2.20. The van der Waals surface area contributed by atoms with Crippen molar-refractivity contribution in [2.75, 3.05) is 32.9 Å². The molecule has 2 heterocycles. The molecule has 0 atom stereocenters. The highest BCUT2D eigenvalue weighted by Crippen LogP contribution is 2.22. The number of rotatable bonds is 1. The van der Waals surface area contributed by atoms with Crippen molar-refractivity contribution in [2.45, 2.75) is 6.92 Å². The number of hydrogen-bond acceptors (Lipinski definition) is 4. The Hall–Kier alpha value is -1.35. The number of aliphatic hydroxyl groups is 1. The first-order chi connectivity index (χ1) is 8.72. The molecule has 0 bridgehead atoms. The van der Waals surface area contributed by atoms with Gasteiger partial charge < -0.3 is 14.7 Å². The van der Waals surface area contributed by atoms with E-state index in [2.05, 4.69) is 11.8 Å². The second kappa shape index (κ2) is 6.01. The van der Waals surface area contributed by atoms with E-state index >= 15 is 0 Å². The molecule has 1 amide bonds. The number of aryl methyl sites for hydroxylation is 1. The predicted octanol–water partition coefficient (Wildman–Crippen LogP) is 0.873. The van der Waals surface area contributed by atoms with Gasteiger partial charge in [-0.2, -0.15) is 0 Å². The molecule has 1 N–H and O–H groups in total. The number of nitrogens with zero attached hydrogens (tertiary/aromatic N) is 1. The van der Waals surface area contributed by atoms with Crippen LogP contribution in [0, 0.1) is 18.8 Å². The van der Waals surface area contributed by atoms with E-state index in [1.807, 2.05) is 13.0 Å². The Balaban J connectivity index is 2.15. The summed E-state index contributed by atoms with van der Waals surface area (Å²) in [5.41, 5.74) is 0.984. The third-order valence-corrected chi connectivity index (χ3v) is 3.85. The van der Waals surface area contributed by atoms with Crippen LogP contribution in [0.15, 0.2) is 6.07 Å². The predicted molar refractivity (Wildman–Crippen MR) is 69.7 cm³/mol. The zero-order valence-corrected chi connectivity index (χ0v) is 11.0. The summed E-state index contributed by atoms with van der Waals surface area (Å²) in [4.78, 5) is 15.6. The third-order valence-electron chi connectivity index (χ3n) is 2.71. The van der Waals surface area contributed by atoms with Crippen molar-refractivity contribution in [3.05, 3.63) is 21.4 Å². The van der Waals surface area contributed by atoms with Gasteiger partial charge in [-0.15, -0.1) is 11.3 Å².